The number of Topliss-reactive ketones (excluding diaryl/α,β-unsaturated/α-hetero) is 1. The number of fused-ring (bicyclic) bond motifs is 3. The van der Waals surface area contributed by atoms with Gasteiger partial charge in [0.25, 0.3) is 11.7 Å². The maximum atomic E-state index is 12.9. The number of aromatic amines is 1. The van der Waals surface area contributed by atoms with Gasteiger partial charge < -0.3 is 15.2 Å². The Hall–Kier alpha value is -3.41. The number of ketones is 1. The molecule has 1 saturated heterocycles. The Labute approximate surface area is 167 Å². The van der Waals surface area contributed by atoms with Crippen LogP contribution in [0.4, 0.5) is 0 Å². The standard InChI is InChI=1S/C23H21N3O3/c27-20(17-14-24-19-8-4-2-6-16(17)19)21(28)26-11-9-23(10-12-26)18-7-3-1-5-15(18)13-25-22(23)29/h1-8,14,24H,9-13H2,(H,25,29). The fraction of sp³-hybridized carbons (Fsp3) is 0.261. The monoisotopic (exact) mass is 387 g/mol. The van der Waals surface area contributed by atoms with E-state index in [1.807, 2.05) is 48.5 Å². The third-order valence-corrected chi connectivity index (χ3v) is 6.34. The van der Waals surface area contributed by atoms with Crippen molar-refractivity contribution in [3.63, 3.8) is 0 Å². The van der Waals surface area contributed by atoms with Crippen LogP contribution in [0, 0.1) is 0 Å². The average molecular weight is 387 g/mol. The zero-order valence-electron chi connectivity index (χ0n) is 15.9. The number of carbonyl (C=O) groups is 3. The summed E-state index contributed by atoms with van der Waals surface area (Å²) in [5.74, 6) is -0.993. The summed E-state index contributed by atoms with van der Waals surface area (Å²) in [6.45, 7) is 1.31. The molecule has 2 amide bonds. The van der Waals surface area contributed by atoms with Crippen molar-refractivity contribution in [1.82, 2.24) is 15.2 Å². The van der Waals surface area contributed by atoms with E-state index in [2.05, 4.69) is 10.3 Å². The summed E-state index contributed by atoms with van der Waals surface area (Å²) in [6, 6.07) is 15.4. The summed E-state index contributed by atoms with van der Waals surface area (Å²) < 4.78 is 0. The average Bonchev–Trinajstić information content (AvgIpc) is 3.20. The van der Waals surface area contributed by atoms with E-state index in [0.717, 1.165) is 22.0 Å². The van der Waals surface area contributed by atoms with Gasteiger partial charge in [0, 0.05) is 36.7 Å². The fourth-order valence-corrected chi connectivity index (χ4v) is 4.71. The van der Waals surface area contributed by atoms with E-state index < -0.39 is 17.1 Å². The number of hydrogen-bond acceptors (Lipinski definition) is 3. The molecule has 2 aliphatic heterocycles. The lowest BCUT2D eigenvalue weighted by atomic mass is 9.68. The number of amides is 2. The van der Waals surface area contributed by atoms with Crippen LogP contribution in [0.5, 0.6) is 0 Å². The van der Waals surface area contributed by atoms with Crippen LogP contribution in [-0.2, 0) is 21.5 Å². The summed E-state index contributed by atoms with van der Waals surface area (Å²) in [4.78, 5) is 43.2. The van der Waals surface area contributed by atoms with Gasteiger partial charge in [0.15, 0.2) is 0 Å². The molecule has 1 aromatic heterocycles. The van der Waals surface area contributed by atoms with Crippen molar-refractivity contribution in [1.29, 1.82) is 0 Å². The molecule has 1 spiro atoms. The molecule has 2 aromatic carbocycles. The molecule has 146 valence electrons. The first-order valence-corrected chi connectivity index (χ1v) is 9.86. The molecule has 2 aliphatic rings. The largest absolute Gasteiger partial charge is 0.360 e. The van der Waals surface area contributed by atoms with Crippen LogP contribution in [-0.4, -0.2) is 40.6 Å². The highest BCUT2D eigenvalue weighted by molar-refractivity contribution is 6.44. The number of nitrogens with one attached hydrogen (secondary N) is 2. The molecule has 0 bridgehead atoms. The number of hydrogen-bond donors (Lipinski definition) is 2. The molecule has 0 aliphatic carbocycles. The predicted octanol–water partition coefficient (Wildman–Crippen LogP) is 2.54. The van der Waals surface area contributed by atoms with Crippen molar-refractivity contribution in [3.05, 3.63) is 71.4 Å². The molecular formula is C23H21N3O3. The van der Waals surface area contributed by atoms with Crippen molar-refractivity contribution in [2.45, 2.75) is 24.8 Å². The lowest BCUT2D eigenvalue weighted by molar-refractivity contribution is -0.134. The highest BCUT2D eigenvalue weighted by Crippen LogP contribution is 2.40. The fourth-order valence-electron chi connectivity index (χ4n) is 4.71. The van der Waals surface area contributed by atoms with E-state index in [1.165, 1.54) is 0 Å². The Morgan fingerprint density at radius 3 is 2.52 bits per heavy atom. The van der Waals surface area contributed by atoms with Gasteiger partial charge in [-0.25, -0.2) is 0 Å². The number of aromatic nitrogens is 1. The van der Waals surface area contributed by atoms with Crippen LogP contribution in [0.1, 0.15) is 34.3 Å². The second-order valence-corrected chi connectivity index (χ2v) is 7.79. The van der Waals surface area contributed by atoms with Gasteiger partial charge in [0.05, 0.1) is 11.0 Å². The van der Waals surface area contributed by atoms with Gasteiger partial charge in [-0.05, 0) is 30.0 Å². The van der Waals surface area contributed by atoms with Crippen LogP contribution in [0.25, 0.3) is 10.9 Å². The number of nitrogens with zero attached hydrogens (tertiary/aromatic N) is 1. The van der Waals surface area contributed by atoms with E-state index in [-0.39, 0.29) is 5.91 Å². The lowest BCUT2D eigenvalue weighted by Gasteiger charge is -2.43. The Bertz CT molecular complexity index is 1140. The molecule has 1 fully saturated rings. The number of H-pyrrole nitrogens is 1. The smallest absolute Gasteiger partial charge is 0.295 e. The normalized spacial score (nSPS) is 17.8. The zero-order valence-corrected chi connectivity index (χ0v) is 15.9. The van der Waals surface area contributed by atoms with Crippen LogP contribution < -0.4 is 5.32 Å². The first kappa shape index (κ1) is 17.7. The molecule has 0 atom stereocenters. The number of piperidine rings is 1. The summed E-state index contributed by atoms with van der Waals surface area (Å²) in [6.07, 6.45) is 2.63. The Balaban J connectivity index is 1.38. The molecule has 6 heteroatoms. The second-order valence-electron chi connectivity index (χ2n) is 7.79. The number of likely N-dealkylation sites (tertiary alicyclic amines) is 1. The van der Waals surface area contributed by atoms with Gasteiger partial charge >= 0.3 is 0 Å². The third-order valence-electron chi connectivity index (χ3n) is 6.34. The molecule has 29 heavy (non-hydrogen) atoms. The number of carbonyl (C=O) groups excluding carboxylic acids is 3. The Morgan fingerprint density at radius 1 is 0.966 bits per heavy atom. The highest BCUT2D eigenvalue weighted by atomic mass is 16.2. The topological polar surface area (TPSA) is 82.3 Å². The zero-order chi connectivity index (χ0) is 20.0. The first-order chi connectivity index (χ1) is 14.1. The first-order valence-electron chi connectivity index (χ1n) is 9.86. The van der Waals surface area contributed by atoms with Crippen molar-refractivity contribution < 1.29 is 14.4 Å². The molecule has 0 radical (unpaired) electrons. The molecule has 5 rings (SSSR count). The van der Waals surface area contributed by atoms with Crippen molar-refractivity contribution in [2.75, 3.05) is 13.1 Å². The SMILES string of the molecule is O=C(C(=O)N1CCC2(CC1)C(=O)NCc1ccccc12)c1c[nH]c2ccccc12. The molecule has 0 saturated carbocycles. The van der Waals surface area contributed by atoms with Gasteiger partial charge in [-0.15, -0.1) is 0 Å². The minimum absolute atomic E-state index is 0.0197. The molecule has 2 N–H and O–H groups in total. The van der Waals surface area contributed by atoms with Gasteiger partial charge in [0.1, 0.15) is 0 Å². The van der Waals surface area contributed by atoms with Gasteiger partial charge in [0.2, 0.25) is 5.91 Å². The molecule has 3 aromatic rings. The summed E-state index contributed by atoms with van der Waals surface area (Å²) in [5.41, 5.74) is 2.79. The minimum atomic E-state index is -0.616. The quantitative estimate of drug-likeness (QED) is 0.524. The van der Waals surface area contributed by atoms with Crippen LogP contribution in [0.3, 0.4) is 0 Å². The van der Waals surface area contributed by atoms with E-state index in [1.54, 1.807) is 11.1 Å². The second kappa shape index (κ2) is 6.58. The molecule has 3 heterocycles. The summed E-state index contributed by atoms with van der Waals surface area (Å²) >= 11 is 0. The van der Waals surface area contributed by atoms with Crippen molar-refractivity contribution in [3.8, 4) is 0 Å². The van der Waals surface area contributed by atoms with E-state index in [9.17, 15) is 14.4 Å². The van der Waals surface area contributed by atoms with Gasteiger partial charge in [-0.1, -0.05) is 42.5 Å². The summed E-state index contributed by atoms with van der Waals surface area (Å²) in [7, 11) is 0. The Kier molecular flexibility index (Phi) is 4.01. The maximum Gasteiger partial charge on any atom is 0.295 e. The predicted molar refractivity (Wildman–Crippen MR) is 108 cm³/mol. The molecular weight excluding hydrogens is 366 g/mol. The maximum absolute atomic E-state index is 12.9. The van der Waals surface area contributed by atoms with Gasteiger partial charge in [-0.2, -0.15) is 0 Å². The number of rotatable bonds is 2. The number of para-hydroxylation sites is 1. The lowest BCUT2D eigenvalue weighted by Crippen LogP contribution is -2.56. The van der Waals surface area contributed by atoms with Crippen molar-refractivity contribution >= 4 is 28.5 Å². The van der Waals surface area contributed by atoms with E-state index in [0.29, 0.717) is 38.0 Å². The van der Waals surface area contributed by atoms with Crippen molar-refractivity contribution in [2.24, 2.45) is 0 Å². The Morgan fingerprint density at radius 2 is 1.69 bits per heavy atom. The molecule has 0 unspecified atom stereocenters. The third kappa shape index (κ3) is 2.67. The van der Waals surface area contributed by atoms with Crippen LogP contribution >= 0.6 is 0 Å². The van der Waals surface area contributed by atoms with E-state index >= 15 is 0 Å². The van der Waals surface area contributed by atoms with Crippen LogP contribution in [0.2, 0.25) is 0 Å². The molecule has 6 nitrogen and oxygen atoms in total. The van der Waals surface area contributed by atoms with Gasteiger partial charge in [-0.3, -0.25) is 14.4 Å². The summed E-state index contributed by atoms with van der Waals surface area (Å²) in [5, 5.41) is 3.74. The van der Waals surface area contributed by atoms with E-state index in [4.69, 9.17) is 0 Å². The highest BCUT2D eigenvalue weighted by Gasteiger charge is 2.47. The van der Waals surface area contributed by atoms with Crippen LogP contribution in [0.15, 0.2) is 54.7 Å². The minimum Gasteiger partial charge on any atom is -0.360 e. The number of benzene rings is 2.